The van der Waals surface area contributed by atoms with Crippen LogP contribution in [0.15, 0.2) is 22.6 Å². The van der Waals surface area contributed by atoms with Crippen LogP contribution in [0, 0.1) is 10.1 Å². The summed E-state index contributed by atoms with van der Waals surface area (Å²) in [5.74, 6) is -0.795. The van der Waals surface area contributed by atoms with Gasteiger partial charge in [-0.1, -0.05) is 6.07 Å². The van der Waals surface area contributed by atoms with Gasteiger partial charge in [0, 0.05) is 4.88 Å². The Kier molecular flexibility index (Phi) is 8.79. The lowest BCUT2D eigenvalue weighted by Gasteiger charge is -2.23. The molecule has 6 N–H and O–H groups in total. The van der Waals surface area contributed by atoms with E-state index < -0.39 is 34.7 Å². The number of ether oxygens (including phenoxy) is 1. The molecule has 2 atom stereocenters. The number of amides is 2. The van der Waals surface area contributed by atoms with Gasteiger partial charge in [-0.25, -0.2) is 14.9 Å². The summed E-state index contributed by atoms with van der Waals surface area (Å²) in [7, 11) is 0. The van der Waals surface area contributed by atoms with E-state index in [-0.39, 0.29) is 18.7 Å². The van der Waals surface area contributed by atoms with Crippen molar-refractivity contribution < 1.29 is 19.4 Å². The summed E-state index contributed by atoms with van der Waals surface area (Å²) in [5, 5.41) is 19.5. The van der Waals surface area contributed by atoms with E-state index in [1.54, 1.807) is 20.8 Å². The van der Waals surface area contributed by atoms with Gasteiger partial charge in [0.1, 0.15) is 11.6 Å². The lowest BCUT2D eigenvalue weighted by atomic mass is 10.1. The Bertz CT molecular complexity index is 701. The van der Waals surface area contributed by atoms with Crippen molar-refractivity contribution in [1.82, 2.24) is 10.6 Å². The van der Waals surface area contributed by atoms with E-state index in [4.69, 9.17) is 16.2 Å². The third-order valence-electron chi connectivity index (χ3n) is 3.37. The first-order chi connectivity index (χ1) is 13.0. The first-order valence-corrected chi connectivity index (χ1v) is 9.39. The molecule has 0 bridgehead atoms. The van der Waals surface area contributed by atoms with Crippen LogP contribution < -0.4 is 22.1 Å². The molecule has 0 spiro atoms. The van der Waals surface area contributed by atoms with E-state index in [0.29, 0.717) is 6.54 Å². The van der Waals surface area contributed by atoms with Crippen LogP contribution >= 0.6 is 11.3 Å². The zero-order valence-corrected chi connectivity index (χ0v) is 16.8. The smallest absolute Gasteiger partial charge is 0.408 e. The number of amidine groups is 1. The highest BCUT2D eigenvalue weighted by molar-refractivity contribution is 7.09. The Hall–Kier alpha value is -2.73. The molecule has 0 saturated carbocycles. The predicted molar refractivity (Wildman–Crippen MR) is 105 cm³/mol. The summed E-state index contributed by atoms with van der Waals surface area (Å²) in [6.07, 6.45) is -0.579. The second-order valence-corrected chi connectivity index (χ2v) is 7.97. The fourth-order valence-electron chi connectivity index (χ4n) is 2.09. The number of nitrogens with one attached hydrogen (secondary N) is 2. The molecule has 11 nitrogen and oxygen atoms in total. The van der Waals surface area contributed by atoms with Gasteiger partial charge in [-0.05, 0) is 45.1 Å². The molecule has 0 aliphatic carbocycles. The van der Waals surface area contributed by atoms with E-state index >= 15 is 0 Å². The second-order valence-electron chi connectivity index (χ2n) is 6.94. The fraction of sp³-hybridized carbons (Fsp3) is 0.562. The number of alkyl carbamates (subject to hydrolysis) is 1. The van der Waals surface area contributed by atoms with Crippen molar-refractivity contribution in [3.05, 3.63) is 32.5 Å². The van der Waals surface area contributed by atoms with E-state index in [1.807, 2.05) is 17.5 Å². The van der Waals surface area contributed by atoms with Crippen LogP contribution in [0.3, 0.4) is 0 Å². The van der Waals surface area contributed by atoms with Crippen molar-refractivity contribution in [3.63, 3.8) is 0 Å². The quantitative estimate of drug-likeness (QED) is 0.201. The highest BCUT2D eigenvalue weighted by atomic mass is 32.1. The molecule has 0 fully saturated rings. The van der Waals surface area contributed by atoms with Gasteiger partial charge < -0.3 is 26.8 Å². The Morgan fingerprint density at radius 2 is 2.07 bits per heavy atom. The van der Waals surface area contributed by atoms with Crippen LogP contribution in [-0.4, -0.2) is 40.6 Å². The van der Waals surface area contributed by atoms with Crippen molar-refractivity contribution in [2.75, 3.05) is 0 Å². The molecule has 0 aliphatic rings. The molecule has 0 aliphatic heterocycles. The summed E-state index contributed by atoms with van der Waals surface area (Å²) in [4.78, 5) is 35.9. The molecule has 28 heavy (non-hydrogen) atoms. The third-order valence-corrected chi connectivity index (χ3v) is 4.24. The number of rotatable bonds is 9. The minimum atomic E-state index is -0.954. The molecular weight excluding hydrogens is 388 g/mol. The molecule has 1 aromatic heterocycles. The number of thiophene rings is 1. The summed E-state index contributed by atoms with van der Waals surface area (Å²) in [6, 6.07) is 1.84. The molecule has 0 saturated heterocycles. The van der Waals surface area contributed by atoms with E-state index in [2.05, 4.69) is 15.7 Å². The van der Waals surface area contributed by atoms with Crippen molar-refractivity contribution in [2.24, 2.45) is 16.6 Å². The molecular formula is C16H26N6O5S. The number of hydrogen-bond donors (Lipinski definition) is 4. The van der Waals surface area contributed by atoms with E-state index in [9.17, 15) is 19.7 Å². The largest absolute Gasteiger partial charge is 0.444 e. The highest BCUT2D eigenvalue weighted by Crippen LogP contribution is 2.10. The van der Waals surface area contributed by atoms with Crippen LogP contribution in [0.25, 0.3) is 0 Å². The minimum Gasteiger partial charge on any atom is -0.444 e. The van der Waals surface area contributed by atoms with Crippen molar-refractivity contribution in [1.29, 1.82) is 0 Å². The summed E-state index contributed by atoms with van der Waals surface area (Å²) in [5.41, 5.74) is 10.5. The van der Waals surface area contributed by atoms with Crippen molar-refractivity contribution in [3.8, 4) is 0 Å². The molecule has 2 amide bonds. The maximum Gasteiger partial charge on any atom is 0.408 e. The third kappa shape index (κ3) is 9.28. The highest BCUT2D eigenvalue weighted by Gasteiger charge is 2.25. The lowest BCUT2D eigenvalue weighted by molar-refractivity contribution is -0.485. The van der Waals surface area contributed by atoms with E-state index in [1.165, 1.54) is 11.3 Å². The second kappa shape index (κ2) is 10.6. The molecule has 12 heteroatoms. The first-order valence-electron chi connectivity index (χ1n) is 8.51. The maximum absolute atomic E-state index is 12.5. The van der Waals surface area contributed by atoms with Gasteiger partial charge in [-0.2, -0.15) is 0 Å². The Balaban J connectivity index is 2.74. The molecule has 156 valence electrons. The number of nitrogens with zero attached hydrogens (tertiary/aromatic N) is 2. The first kappa shape index (κ1) is 23.3. The zero-order valence-electron chi connectivity index (χ0n) is 16.0. The summed E-state index contributed by atoms with van der Waals surface area (Å²) in [6.45, 7) is 5.40. The fourth-order valence-corrected chi connectivity index (χ4v) is 2.74. The zero-order chi connectivity index (χ0) is 21.3. The van der Waals surface area contributed by atoms with Gasteiger partial charge in [0.05, 0.1) is 17.7 Å². The van der Waals surface area contributed by atoms with Crippen LogP contribution in [0.5, 0.6) is 0 Å². The Labute approximate surface area is 166 Å². The normalized spacial score (nSPS) is 14.1. The number of hydrogen-bond acceptors (Lipinski definition) is 7. The SMILES string of the molecule is CC(C)(C)OC(=O)NC(CCC(N)/C(N)=N\[N+](=O)[O-])C(=O)NCc1cccs1. The predicted octanol–water partition coefficient (Wildman–Crippen LogP) is 0.914. The number of carbonyl (C=O) groups excluding carboxylic acids is 2. The van der Waals surface area contributed by atoms with Crippen LogP contribution in [0.2, 0.25) is 0 Å². The van der Waals surface area contributed by atoms with Gasteiger partial charge in [0.15, 0.2) is 10.9 Å². The summed E-state index contributed by atoms with van der Waals surface area (Å²) >= 11 is 1.48. The van der Waals surface area contributed by atoms with Gasteiger partial charge in [-0.15, -0.1) is 11.3 Å². The number of hydrazone groups is 1. The molecule has 1 heterocycles. The minimum absolute atomic E-state index is 0.0879. The molecule has 0 radical (unpaired) electrons. The average molecular weight is 414 g/mol. The molecule has 1 rings (SSSR count). The monoisotopic (exact) mass is 414 g/mol. The van der Waals surface area contributed by atoms with Gasteiger partial charge in [0.25, 0.3) is 0 Å². The molecule has 2 unspecified atom stereocenters. The van der Waals surface area contributed by atoms with Gasteiger partial charge >= 0.3 is 6.09 Å². The van der Waals surface area contributed by atoms with Crippen molar-refractivity contribution in [2.45, 2.75) is 57.8 Å². The number of nitro groups is 1. The van der Waals surface area contributed by atoms with Gasteiger partial charge in [0.2, 0.25) is 5.91 Å². The lowest BCUT2D eigenvalue weighted by Crippen LogP contribution is -2.49. The van der Waals surface area contributed by atoms with Crippen LogP contribution in [0.4, 0.5) is 4.79 Å². The molecule has 1 aromatic rings. The molecule has 0 aromatic carbocycles. The van der Waals surface area contributed by atoms with E-state index in [0.717, 1.165) is 4.88 Å². The van der Waals surface area contributed by atoms with Crippen LogP contribution in [0.1, 0.15) is 38.5 Å². The average Bonchev–Trinajstić information content (AvgIpc) is 3.07. The topological polar surface area (TPSA) is 175 Å². The Morgan fingerprint density at radius 3 is 2.61 bits per heavy atom. The standard InChI is InChI=1S/C16H26N6O5S/c1-16(2,3)27-15(24)20-12(7-6-11(17)13(18)21-22(25)26)14(23)19-9-10-5-4-8-28-10/h4-5,8,11-12H,6-7,9,17H2,1-3H3,(H2,18,21)(H,19,23)(H,20,24). The maximum atomic E-state index is 12.5. The van der Waals surface area contributed by atoms with Crippen LogP contribution in [-0.2, 0) is 16.1 Å². The Morgan fingerprint density at radius 1 is 1.39 bits per heavy atom. The summed E-state index contributed by atoms with van der Waals surface area (Å²) < 4.78 is 5.18. The number of carbonyl (C=O) groups is 2. The van der Waals surface area contributed by atoms with Crippen molar-refractivity contribution >= 4 is 29.2 Å². The number of nitrogens with two attached hydrogens (primary N) is 2. The van der Waals surface area contributed by atoms with Gasteiger partial charge in [-0.3, -0.25) is 4.79 Å².